The SMILES string of the molecule is Cc1ccnc(Nc2ncc(Sc3ccnc(C(=O)NCC4(c5ccccc5)CCN(CCCO)CC4)c3F)s2)c1. The lowest BCUT2D eigenvalue weighted by Gasteiger charge is -2.42. The van der Waals surface area contributed by atoms with Gasteiger partial charge in [-0.05, 0) is 68.6 Å². The molecule has 1 saturated heterocycles. The first-order valence-electron chi connectivity index (χ1n) is 13.6. The fraction of sp³-hybridized carbons (Fsp3) is 0.333. The predicted molar refractivity (Wildman–Crippen MR) is 161 cm³/mol. The molecule has 0 spiro atoms. The van der Waals surface area contributed by atoms with Crippen molar-refractivity contribution in [2.75, 3.05) is 38.1 Å². The summed E-state index contributed by atoms with van der Waals surface area (Å²) in [5.41, 5.74) is 1.77. The number of likely N-dealkylation sites (tertiary alicyclic amines) is 1. The third-order valence-corrected chi connectivity index (χ3v) is 9.38. The molecule has 1 aliphatic heterocycles. The highest BCUT2D eigenvalue weighted by Gasteiger charge is 2.36. The summed E-state index contributed by atoms with van der Waals surface area (Å²) in [6.45, 7) is 5.15. The molecule has 0 unspecified atom stereocenters. The second kappa shape index (κ2) is 13.5. The highest BCUT2D eigenvalue weighted by molar-refractivity contribution is 8.01. The highest BCUT2D eigenvalue weighted by Crippen LogP contribution is 2.37. The van der Waals surface area contributed by atoms with E-state index in [4.69, 9.17) is 0 Å². The number of halogens is 1. The van der Waals surface area contributed by atoms with Crippen LogP contribution in [0, 0.1) is 12.7 Å². The number of hydrogen-bond donors (Lipinski definition) is 3. The molecule has 0 radical (unpaired) electrons. The summed E-state index contributed by atoms with van der Waals surface area (Å²) in [7, 11) is 0. The minimum atomic E-state index is -0.647. The van der Waals surface area contributed by atoms with E-state index in [1.54, 1.807) is 18.5 Å². The van der Waals surface area contributed by atoms with E-state index in [1.165, 1.54) is 29.3 Å². The van der Waals surface area contributed by atoms with Crippen molar-refractivity contribution in [3.63, 3.8) is 0 Å². The number of aliphatic hydroxyl groups is 1. The number of benzene rings is 1. The molecule has 0 aliphatic carbocycles. The standard InChI is InChI=1S/C30H33FN6O2S2/c1-21-8-12-32-24(18-21)36-29-34-19-25(41-29)40-23-9-13-33-27(26(23)31)28(39)35-20-30(22-6-3-2-4-7-22)10-15-37(16-11-30)14-5-17-38/h2-4,6-9,12-13,18-19,38H,5,10-11,14-17,20H2,1H3,(H,35,39)(H,32,34,36). The molecular formula is C30H33FN6O2S2. The number of piperidine rings is 1. The number of amides is 1. The quantitative estimate of drug-likeness (QED) is 0.212. The Balaban J connectivity index is 1.26. The van der Waals surface area contributed by atoms with Crippen LogP contribution in [-0.2, 0) is 5.41 Å². The zero-order chi connectivity index (χ0) is 28.7. The summed E-state index contributed by atoms with van der Waals surface area (Å²) in [5.74, 6) is -0.486. The first-order chi connectivity index (χ1) is 20.0. The summed E-state index contributed by atoms with van der Waals surface area (Å²) in [5, 5.41) is 16.0. The maximum absolute atomic E-state index is 15.5. The Morgan fingerprint density at radius 1 is 1.12 bits per heavy atom. The van der Waals surface area contributed by atoms with Crippen molar-refractivity contribution in [3.05, 3.63) is 89.8 Å². The summed E-state index contributed by atoms with van der Waals surface area (Å²) in [6.07, 6.45) is 7.32. The number of rotatable bonds is 11. The van der Waals surface area contributed by atoms with Gasteiger partial charge in [-0.3, -0.25) is 4.79 Å². The second-order valence-electron chi connectivity index (χ2n) is 10.1. The highest BCUT2D eigenvalue weighted by atomic mass is 32.2. The molecule has 1 aliphatic rings. The van der Waals surface area contributed by atoms with Crippen LogP contribution in [0.2, 0.25) is 0 Å². The smallest absolute Gasteiger partial charge is 0.273 e. The fourth-order valence-electron chi connectivity index (χ4n) is 5.04. The van der Waals surface area contributed by atoms with Crippen LogP contribution in [0.5, 0.6) is 0 Å². The molecule has 1 amide bonds. The van der Waals surface area contributed by atoms with E-state index in [9.17, 15) is 9.90 Å². The van der Waals surface area contributed by atoms with Crippen molar-refractivity contribution in [3.8, 4) is 0 Å². The minimum Gasteiger partial charge on any atom is -0.396 e. The van der Waals surface area contributed by atoms with E-state index in [-0.39, 0.29) is 17.7 Å². The number of hydrogen-bond acceptors (Lipinski definition) is 9. The molecule has 5 rings (SSSR count). The molecule has 11 heteroatoms. The lowest BCUT2D eigenvalue weighted by atomic mass is 9.72. The number of aromatic nitrogens is 3. The summed E-state index contributed by atoms with van der Waals surface area (Å²) < 4.78 is 16.3. The van der Waals surface area contributed by atoms with Crippen molar-refractivity contribution >= 4 is 40.0 Å². The second-order valence-corrected chi connectivity index (χ2v) is 12.5. The van der Waals surface area contributed by atoms with Crippen molar-refractivity contribution in [2.24, 2.45) is 0 Å². The minimum absolute atomic E-state index is 0.179. The molecule has 3 aromatic heterocycles. The number of anilines is 2. The molecule has 0 bridgehead atoms. The fourth-order valence-corrected chi connectivity index (χ4v) is 6.91. The number of nitrogens with one attached hydrogen (secondary N) is 2. The van der Waals surface area contributed by atoms with Gasteiger partial charge in [0.25, 0.3) is 5.91 Å². The average molecular weight is 593 g/mol. The van der Waals surface area contributed by atoms with Gasteiger partial charge in [0.2, 0.25) is 0 Å². The van der Waals surface area contributed by atoms with Crippen LogP contribution in [0.25, 0.3) is 0 Å². The summed E-state index contributed by atoms with van der Waals surface area (Å²) in [6, 6.07) is 15.6. The van der Waals surface area contributed by atoms with E-state index >= 15 is 4.39 Å². The van der Waals surface area contributed by atoms with Crippen LogP contribution < -0.4 is 10.6 Å². The lowest BCUT2D eigenvalue weighted by Crippen LogP contribution is -2.49. The van der Waals surface area contributed by atoms with Gasteiger partial charge >= 0.3 is 0 Å². The van der Waals surface area contributed by atoms with E-state index < -0.39 is 11.7 Å². The van der Waals surface area contributed by atoms with E-state index in [0.717, 1.165) is 54.2 Å². The molecule has 4 aromatic rings. The maximum Gasteiger partial charge on any atom is 0.273 e. The number of aliphatic hydroxyl groups excluding tert-OH is 1. The first-order valence-corrected chi connectivity index (χ1v) is 15.2. The van der Waals surface area contributed by atoms with Crippen molar-refractivity contribution in [2.45, 2.75) is 40.7 Å². The number of thiazole rings is 1. The van der Waals surface area contributed by atoms with Gasteiger partial charge in [-0.1, -0.05) is 53.4 Å². The average Bonchev–Trinajstić information content (AvgIpc) is 3.43. The Morgan fingerprint density at radius 3 is 2.66 bits per heavy atom. The molecule has 1 aromatic carbocycles. The van der Waals surface area contributed by atoms with Crippen LogP contribution in [-0.4, -0.2) is 63.7 Å². The molecule has 3 N–H and O–H groups in total. The van der Waals surface area contributed by atoms with E-state index in [1.807, 2.05) is 37.3 Å². The molecule has 0 saturated carbocycles. The number of aryl methyl sites for hydroxylation is 1. The molecule has 214 valence electrons. The molecule has 0 atom stereocenters. The van der Waals surface area contributed by atoms with Gasteiger partial charge in [-0.25, -0.2) is 19.3 Å². The maximum atomic E-state index is 15.5. The van der Waals surface area contributed by atoms with E-state index in [0.29, 0.717) is 22.4 Å². The zero-order valence-electron chi connectivity index (χ0n) is 22.8. The lowest BCUT2D eigenvalue weighted by molar-refractivity contribution is 0.0908. The normalized spacial score (nSPS) is 15.0. The number of carbonyl (C=O) groups excluding carboxylic acids is 1. The van der Waals surface area contributed by atoms with Crippen LogP contribution in [0.1, 0.15) is 40.9 Å². The Hall–Kier alpha value is -3.38. The van der Waals surface area contributed by atoms with Gasteiger partial charge in [0, 0.05) is 37.5 Å². The summed E-state index contributed by atoms with van der Waals surface area (Å²) in [4.78, 5) is 28.6. The van der Waals surface area contributed by atoms with Crippen LogP contribution in [0.4, 0.5) is 15.3 Å². The number of carbonyl (C=O) groups is 1. The molecule has 8 nitrogen and oxygen atoms in total. The van der Waals surface area contributed by atoms with Crippen LogP contribution in [0.3, 0.4) is 0 Å². The van der Waals surface area contributed by atoms with Crippen molar-refractivity contribution in [1.82, 2.24) is 25.2 Å². The molecule has 4 heterocycles. The van der Waals surface area contributed by atoms with Gasteiger partial charge in [0.05, 0.1) is 15.3 Å². The Bertz CT molecular complexity index is 1460. The topological polar surface area (TPSA) is 103 Å². The zero-order valence-corrected chi connectivity index (χ0v) is 24.5. The van der Waals surface area contributed by atoms with Gasteiger partial charge in [0.15, 0.2) is 16.6 Å². The van der Waals surface area contributed by atoms with Gasteiger partial charge in [0.1, 0.15) is 5.82 Å². The summed E-state index contributed by atoms with van der Waals surface area (Å²) >= 11 is 2.58. The third kappa shape index (κ3) is 7.28. The largest absolute Gasteiger partial charge is 0.396 e. The third-order valence-electron chi connectivity index (χ3n) is 7.33. The number of pyridine rings is 2. The monoisotopic (exact) mass is 592 g/mol. The Morgan fingerprint density at radius 2 is 1.90 bits per heavy atom. The molecular weight excluding hydrogens is 560 g/mol. The van der Waals surface area contributed by atoms with Crippen LogP contribution >= 0.6 is 23.1 Å². The Kier molecular flexibility index (Phi) is 9.60. The van der Waals surface area contributed by atoms with Crippen LogP contribution in [0.15, 0.2) is 76.2 Å². The van der Waals surface area contributed by atoms with E-state index in [2.05, 4.69) is 42.6 Å². The molecule has 1 fully saturated rings. The van der Waals surface area contributed by atoms with Crippen molar-refractivity contribution in [1.29, 1.82) is 0 Å². The number of nitrogens with zero attached hydrogens (tertiary/aromatic N) is 4. The Labute approximate surface area is 247 Å². The molecule has 41 heavy (non-hydrogen) atoms. The predicted octanol–water partition coefficient (Wildman–Crippen LogP) is 5.42. The van der Waals surface area contributed by atoms with Gasteiger partial charge in [-0.15, -0.1) is 0 Å². The van der Waals surface area contributed by atoms with Crippen molar-refractivity contribution < 1.29 is 14.3 Å². The first kappa shape index (κ1) is 29.1. The van der Waals surface area contributed by atoms with Gasteiger partial charge in [-0.2, -0.15) is 0 Å². The van der Waals surface area contributed by atoms with Gasteiger partial charge < -0.3 is 20.6 Å².